The molecule has 90 valence electrons. The Labute approximate surface area is 139 Å². The van der Waals surface area contributed by atoms with Crippen LogP contribution in [0.25, 0.3) is 0 Å². The van der Waals surface area contributed by atoms with Crippen molar-refractivity contribution in [3.63, 3.8) is 0 Å². The van der Waals surface area contributed by atoms with Crippen LogP contribution in [0.5, 0.6) is 0 Å². The van der Waals surface area contributed by atoms with E-state index in [1.165, 1.54) is 0 Å². The van der Waals surface area contributed by atoms with Crippen molar-refractivity contribution in [2.75, 3.05) is 11.5 Å². The summed E-state index contributed by atoms with van der Waals surface area (Å²) >= 11 is 0. The van der Waals surface area contributed by atoms with Crippen LogP contribution in [0.1, 0.15) is 12.5 Å². The van der Waals surface area contributed by atoms with E-state index in [0.29, 0.717) is 6.42 Å². The first-order valence-corrected chi connectivity index (χ1v) is 6.54. The average Bonchev–Trinajstić information content (AvgIpc) is 2.68. The summed E-state index contributed by atoms with van der Waals surface area (Å²) < 4.78 is 60.4. The Hall–Kier alpha value is 0.651. The minimum atomic E-state index is -5.06. The maximum Gasteiger partial charge on any atom is 1.00 e. The Bertz CT molecular complexity index is 501. The second-order valence-corrected chi connectivity index (χ2v) is 6.11. The maximum atomic E-state index is 12.3. The SMILES string of the molecule is O=S1(=O)CCC(n2cc([B-](F)(F)F)cn2)C1.[K+]. The number of nitrogens with zero attached hydrogens (tertiary/aromatic N) is 2. The molecule has 0 saturated carbocycles. The van der Waals surface area contributed by atoms with Crippen LogP contribution in [0.15, 0.2) is 12.4 Å². The Morgan fingerprint density at radius 1 is 1.41 bits per heavy atom. The van der Waals surface area contributed by atoms with Crippen LogP contribution in [-0.4, -0.2) is 36.7 Å². The topological polar surface area (TPSA) is 52.0 Å². The quantitative estimate of drug-likeness (QED) is 0.558. The van der Waals surface area contributed by atoms with Crippen LogP contribution in [0, 0.1) is 0 Å². The van der Waals surface area contributed by atoms with E-state index in [1.54, 1.807) is 0 Å². The summed E-state index contributed by atoms with van der Waals surface area (Å²) in [6.07, 6.45) is 1.95. The van der Waals surface area contributed by atoms with Gasteiger partial charge in [0, 0.05) is 6.20 Å². The number of sulfone groups is 1. The largest absolute Gasteiger partial charge is 1.00 e. The molecule has 1 aliphatic rings. The number of halogens is 3. The third kappa shape index (κ3) is 3.80. The van der Waals surface area contributed by atoms with E-state index in [0.717, 1.165) is 17.1 Å². The summed E-state index contributed by atoms with van der Waals surface area (Å²) in [6, 6.07) is -0.461. The number of hydrogen-bond donors (Lipinski definition) is 0. The van der Waals surface area contributed by atoms with Crippen molar-refractivity contribution in [3.05, 3.63) is 12.4 Å². The fourth-order valence-corrected chi connectivity index (χ4v) is 3.41. The van der Waals surface area contributed by atoms with Crippen molar-refractivity contribution in [1.29, 1.82) is 0 Å². The molecule has 0 aliphatic carbocycles. The minimum absolute atomic E-state index is 0. The predicted molar refractivity (Wildman–Crippen MR) is 53.2 cm³/mol. The van der Waals surface area contributed by atoms with Crippen molar-refractivity contribution in [2.24, 2.45) is 0 Å². The normalized spacial score (nSPS) is 23.4. The fourth-order valence-electron chi connectivity index (χ4n) is 1.71. The summed E-state index contributed by atoms with van der Waals surface area (Å²) in [7, 11) is -3.11. The molecule has 1 fully saturated rings. The van der Waals surface area contributed by atoms with Crippen LogP contribution < -0.4 is 56.8 Å². The molecular formula is C7H9BF3KN2O2S. The van der Waals surface area contributed by atoms with E-state index < -0.39 is 28.3 Å². The van der Waals surface area contributed by atoms with Gasteiger partial charge in [-0.25, -0.2) is 8.42 Å². The third-order valence-electron chi connectivity index (χ3n) is 2.58. The van der Waals surface area contributed by atoms with Gasteiger partial charge in [-0.1, -0.05) is 5.46 Å². The second kappa shape index (κ2) is 5.33. The fraction of sp³-hybridized carbons (Fsp3) is 0.571. The molecule has 1 unspecified atom stereocenters. The first-order chi connectivity index (χ1) is 7.28. The van der Waals surface area contributed by atoms with Gasteiger partial charge in [0.2, 0.25) is 0 Å². The van der Waals surface area contributed by atoms with Crippen LogP contribution in [0.4, 0.5) is 12.9 Å². The summed E-state index contributed by atoms with van der Waals surface area (Å²) in [4.78, 5) is 0. The molecule has 0 radical (unpaired) electrons. The van der Waals surface area contributed by atoms with E-state index in [1.807, 2.05) is 0 Å². The molecule has 1 aromatic rings. The monoisotopic (exact) mass is 292 g/mol. The zero-order valence-electron chi connectivity index (χ0n) is 9.18. The second-order valence-electron chi connectivity index (χ2n) is 3.89. The summed E-state index contributed by atoms with van der Waals surface area (Å²) in [5.41, 5.74) is -0.788. The predicted octanol–water partition coefficient (Wildman–Crippen LogP) is -2.70. The van der Waals surface area contributed by atoms with Crippen molar-refractivity contribution >= 4 is 22.3 Å². The number of aromatic nitrogens is 2. The summed E-state index contributed by atoms with van der Waals surface area (Å²) in [5, 5.41) is 3.58. The molecule has 10 heteroatoms. The number of rotatable bonds is 2. The van der Waals surface area contributed by atoms with Crippen LogP contribution in [-0.2, 0) is 9.84 Å². The van der Waals surface area contributed by atoms with Gasteiger partial charge in [0.15, 0.2) is 9.84 Å². The molecule has 17 heavy (non-hydrogen) atoms. The van der Waals surface area contributed by atoms with E-state index >= 15 is 0 Å². The van der Waals surface area contributed by atoms with Crippen molar-refractivity contribution < 1.29 is 72.7 Å². The minimum Gasteiger partial charge on any atom is -0.445 e. The molecular weight excluding hydrogens is 283 g/mol. The molecule has 2 heterocycles. The van der Waals surface area contributed by atoms with Gasteiger partial charge in [-0.3, -0.25) is 4.68 Å². The molecule has 0 bridgehead atoms. The van der Waals surface area contributed by atoms with E-state index in [2.05, 4.69) is 5.10 Å². The van der Waals surface area contributed by atoms with Crippen molar-refractivity contribution in [2.45, 2.75) is 12.5 Å². The first-order valence-electron chi connectivity index (χ1n) is 4.72. The molecule has 0 spiro atoms. The molecule has 0 amide bonds. The van der Waals surface area contributed by atoms with Crippen molar-refractivity contribution in [1.82, 2.24) is 9.78 Å². The van der Waals surface area contributed by atoms with E-state index in [4.69, 9.17) is 0 Å². The van der Waals surface area contributed by atoms with Gasteiger partial charge in [-0.15, -0.1) is 0 Å². The van der Waals surface area contributed by atoms with E-state index in [-0.39, 0.29) is 62.9 Å². The van der Waals surface area contributed by atoms with Gasteiger partial charge in [-0.2, -0.15) is 5.10 Å². The van der Waals surface area contributed by atoms with Gasteiger partial charge in [0.05, 0.1) is 17.5 Å². The van der Waals surface area contributed by atoms with Crippen LogP contribution >= 0.6 is 0 Å². The smallest absolute Gasteiger partial charge is 0.445 e. The van der Waals surface area contributed by atoms with Gasteiger partial charge < -0.3 is 12.9 Å². The first kappa shape index (κ1) is 15.7. The van der Waals surface area contributed by atoms with Crippen LogP contribution in [0.3, 0.4) is 0 Å². The Kier molecular flexibility index (Phi) is 4.93. The standard InChI is InChI=1S/C7H9BF3N2O2S.K/c9-8(10,11)6-3-12-13(4-6)7-1-2-16(14,15)5-7;/h3-4,7H,1-2,5H2;/q-1;+1. The maximum absolute atomic E-state index is 12.3. The molecule has 0 N–H and O–H groups in total. The molecule has 0 aromatic carbocycles. The van der Waals surface area contributed by atoms with E-state index in [9.17, 15) is 21.4 Å². The van der Waals surface area contributed by atoms with Crippen molar-refractivity contribution in [3.8, 4) is 0 Å². The molecule has 4 nitrogen and oxygen atoms in total. The Morgan fingerprint density at radius 2 is 2.06 bits per heavy atom. The summed E-state index contributed by atoms with van der Waals surface area (Å²) in [5.74, 6) is -0.108. The molecule has 1 aliphatic heterocycles. The molecule has 1 aromatic heterocycles. The van der Waals surface area contributed by atoms with Gasteiger partial charge in [0.25, 0.3) is 0 Å². The van der Waals surface area contributed by atoms with Gasteiger partial charge in [0.1, 0.15) is 0 Å². The Morgan fingerprint density at radius 3 is 2.47 bits per heavy atom. The zero-order chi connectivity index (χ0) is 12.0. The average molecular weight is 292 g/mol. The summed E-state index contributed by atoms with van der Waals surface area (Å²) in [6.45, 7) is -5.06. The molecule has 1 atom stereocenters. The zero-order valence-corrected chi connectivity index (χ0v) is 13.1. The Balaban J connectivity index is 0.00000144. The number of hydrogen-bond acceptors (Lipinski definition) is 3. The third-order valence-corrected chi connectivity index (χ3v) is 4.33. The molecule has 2 rings (SSSR count). The van der Waals surface area contributed by atoms with Gasteiger partial charge >= 0.3 is 58.4 Å². The molecule has 1 saturated heterocycles. The van der Waals surface area contributed by atoms with Crippen LogP contribution in [0.2, 0.25) is 0 Å². The van der Waals surface area contributed by atoms with Gasteiger partial charge in [-0.05, 0) is 12.6 Å².